The summed E-state index contributed by atoms with van der Waals surface area (Å²) in [5, 5.41) is 5.85. The van der Waals surface area contributed by atoms with Gasteiger partial charge < -0.3 is 4.90 Å². The van der Waals surface area contributed by atoms with Crippen molar-refractivity contribution in [3.8, 4) is 11.3 Å². The van der Waals surface area contributed by atoms with Crippen LogP contribution in [0.3, 0.4) is 0 Å². The molecule has 150 valence electrons. The zero-order valence-corrected chi connectivity index (χ0v) is 18.8. The van der Waals surface area contributed by atoms with Crippen LogP contribution in [0.1, 0.15) is 5.56 Å². The maximum atomic E-state index is 6.45. The molecular weight excluding hydrogens is 462 g/mol. The second-order valence-corrected chi connectivity index (χ2v) is 8.22. The Kier molecular flexibility index (Phi) is 5.97. The van der Waals surface area contributed by atoms with E-state index in [1.54, 1.807) is 6.21 Å². The molecule has 1 heterocycles. The summed E-state index contributed by atoms with van der Waals surface area (Å²) in [4.78, 5) is 11.3. The van der Waals surface area contributed by atoms with Crippen LogP contribution in [0.2, 0.25) is 5.02 Å². The van der Waals surface area contributed by atoms with Crippen molar-refractivity contribution in [3.05, 3.63) is 81.8 Å². The average molecular weight is 481 g/mol. The van der Waals surface area contributed by atoms with Crippen LogP contribution in [0, 0.1) is 0 Å². The highest BCUT2D eigenvalue weighted by atomic mass is 79.9. The summed E-state index contributed by atoms with van der Waals surface area (Å²) in [6, 6.07) is 21.6. The minimum atomic E-state index is 0.404. The average Bonchev–Trinajstić information content (AvgIpc) is 2.74. The number of halogens is 2. The zero-order valence-electron chi connectivity index (χ0n) is 16.5. The van der Waals surface area contributed by atoms with Crippen molar-refractivity contribution in [2.75, 3.05) is 24.4 Å². The van der Waals surface area contributed by atoms with Crippen LogP contribution < -0.4 is 10.3 Å². The Morgan fingerprint density at radius 3 is 2.50 bits per heavy atom. The molecule has 0 aliphatic rings. The number of hydrogen-bond donors (Lipinski definition) is 1. The normalized spacial score (nSPS) is 11.2. The Morgan fingerprint density at radius 2 is 1.77 bits per heavy atom. The lowest BCUT2D eigenvalue weighted by Crippen LogP contribution is -2.08. The van der Waals surface area contributed by atoms with Gasteiger partial charge in [-0.05, 0) is 42.0 Å². The standard InChI is InChI=1S/C23H19BrClN5/c1-30(2)17-10-7-15(8-11-17)14-26-29-23-27-21-12-9-16(24)13-19(21)22(28-23)18-5-3-4-6-20(18)25/h3-14H,1-2H3,(H,27,28,29)/b26-14-. The molecule has 1 aromatic heterocycles. The van der Waals surface area contributed by atoms with E-state index in [0.29, 0.717) is 11.0 Å². The van der Waals surface area contributed by atoms with Gasteiger partial charge in [-0.15, -0.1) is 0 Å². The molecule has 3 aromatic carbocycles. The molecule has 30 heavy (non-hydrogen) atoms. The number of anilines is 2. The van der Waals surface area contributed by atoms with E-state index < -0.39 is 0 Å². The highest BCUT2D eigenvalue weighted by molar-refractivity contribution is 9.10. The van der Waals surface area contributed by atoms with Crippen LogP contribution in [0.5, 0.6) is 0 Å². The van der Waals surface area contributed by atoms with Crippen LogP contribution in [0.15, 0.2) is 76.3 Å². The Bertz CT molecular complexity index is 1220. The van der Waals surface area contributed by atoms with E-state index in [9.17, 15) is 0 Å². The summed E-state index contributed by atoms with van der Waals surface area (Å²) in [6.45, 7) is 0. The second kappa shape index (κ2) is 8.81. The fourth-order valence-electron chi connectivity index (χ4n) is 3.03. The third-order valence-electron chi connectivity index (χ3n) is 4.57. The molecule has 0 bridgehead atoms. The SMILES string of the molecule is CN(C)c1ccc(/C=N\Nc2nc(-c3ccccc3Cl)c3cc(Br)ccc3n2)cc1. The highest BCUT2D eigenvalue weighted by Crippen LogP contribution is 2.33. The summed E-state index contributed by atoms with van der Waals surface area (Å²) in [5.41, 5.74) is 7.45. The molecule has 0 saturated carbocycles. The topological polar surface area (TPSA) is 53.4 Å². The number of hydrogen-bond acceptors (Lipinski definition) is 5. The van der Waals surface area contributed by atoms with Crippen molar-refractivity contribution in [3.63, 3.8) is 0 Å². The van der Waals surface area contributed by atoms with Crippen LogP contribution in [-0.4, -0.2) is 30.3 Å². The summed E-state index contributed by atoms with van der Waals surface area (Å²) >= 11 is 9.97. The van der Waals surface area contributed by atoms with E-state index in [4.69, 9.17) is 16.6 Å². The minimum absolute atomic E-state index is 0.404. The Balaban J connectivity index is 1.68. The molecule has 0 radical (unpaired) electrons. The molecule has 0 atom stereocenters. The lowest BCUT2D eigenvalue weighted by Gasteiger charge is -2.11. The van der Waals surface area contributed by atoms with Gasteiger partial charge in [0.2, 0.25) is 5.95 Å². The predicted molar refractivity (Wildman–Crippen MR) is 130 cm³/mol. The van der Waals surface area contributed by atoms with E-state index in [1.165, 1.54) is 0 Å². The van der Waals surface area contributed by atoms with E-state index >= 15 is 0 Å². The maximum absolute atomic E-state index is 6.45. The molecule has 7 heteroatoms. The quantitative estimate of drug-likeness (QED) is 0.272. The van der Waals surface area contributed by atoms with Gasteiger partial charge >= 0.3 is 0 Å². The van der Waals surface area contributed by atoms with Crippen molar-refractivity contribution < 1.29 is 0 Å². The molecule has 0 aliphatic carbocycles. The first kappa shape index (κ1) is 20.3. The third kappa shape index (κ3) is 4.45. The summed E-state index contributed by atoms with van der Waals surface area (Å²) < 4.78 is 0.951. The van der Waals surface area contributed by atoms with Gasteiger partial charge in [-0.25, -0.2) is 15.4 Å². The van der Waals surface area contributed by atoms with E-state index in [1.807, 2.05) is 80.8 Å². The van der Waals surface area contributed by atoms with Gasteiger partial charge in [0.25, 0.3) is 0 Å². The lowest BCUT2D eigenvalue weighted by atomic mass is 10.1. The van der Waals surface area contributed by atoms with Crippen molar-refractivity contribution in [2.24, 2.45) is 5.10 Å². The molecule has 0 spiro atoms. The van der Waals surface area contributed by atoms with Crippen molar-refractivity contribution in [1.29, 1.82) is 0 Å². The van der Waals surface area contributed by atoms with Gasteiger partial charge in [-0.1, -0.05) is 57.9 Å². The Hall–Kier alpha value is -2.96. The van der Waals surface area contributed by atoms with Crippen LogP contribution in [-0.2, 0) is 0 Å². The molecule has 4 aromatic rings. The first-order valence-corrected chi connectivity index (χ1v) is 10.5. The number of hydrazone groups is 1. The first-order chi connectivity index (χ1) is 14.5. The fraction of sp³-hybridized carbons (Fsp3) is 0.0870. The molecule has 0 saturated heterocycles. The molecule has 0 aliphatic heterocycles. The molecule has 5 nitrogen and oxygen atoms in total. The summed E-state index contributed by atoms with van der Waals surface area (Å²) in [5.74, 6) is 0.404. The number of nitrogens with zero attached hydrogens (tertiary/aromatic N) is 4. The molecule has 1 N–H and O–H groups in total. The minimum Gasteiger partial charge on any atom is -0.378 e. The number of benzene rings is 3. The molecule has 0 unspecified atom stereocenters. The van der Waals surface area contributed by atoms with Crippen LogP contribution in [0.25, 0.3) is 22.2 Å². The van der Waals surface area contributed by atoms with Gasteiger partial charge in [0.1, 0.15) is 0 Å². The first-order valence-electron chi connectivity index (χ1n) is 9.30. The largest absolute Gasteiger partial charge is 0.378 e. The number of aromatic nitrogens is 2. The van der Waals surface area contributed by atoms with Crippen molar-refractivity contribution in [2.45, 2.75) is 0 Å². The number of rotatable bonds is 5. The summed E-state index contributed by atoms with van der Waals surface area (Å²) in [6.07, 6.45) is 1.74. The number of nitrogens with one attached hydrogen (secondary N) is 1. The van der Waals surface area contributed by atoms with Crippen molar-refractivity contribution in [1.82, 2.24) is 9.97 Å². The van der Waals surface area contributed by atoms with Gasteiger partial charge in [0.05, 0.1) is 17.4 Å². The van der Waals surface area contributed by atoms with E-state index in [2.05, 4.69) is 36.3 Å². The number of fused-ring (bicyclic) bond motifs is 1. The van der Waals surface area contributed by atoms with E-state index in [-0.39, 0.29) is 0 Å². The van der Waals surface area contributed by atoms with Gasteiger partial charge in [0, 0.05) is 40.2 Å². The Morgan fingerprint density at radius 1 is 1.00 bits per heavy atom. The van der Waals surface area contributed by atoms with Crippen LogP contribution in [0.4, 0.5) is 11.6 Å². The Labute approximate surface area is 188 Å². The lowest BCUT2D eigenvalue weighted by molar-refractivity contribution is 1.13. The third-order valence-corrected chi connectivity index (χ3v) is 5.40. The smallest absolute Gasteiger partial charge is 0.244 e. The van der Waals surface area contributed by atoms with Gasteiger partial charge in [-0.3, -0.25) is 0 Å². The van der Waals surface area contributed by atoms with Gasteiger partial charge in [0.15, 0.2) is 0 Å². The van der Waals surface area contributed by atoms with Crippen LogP contribution >= 0.6 is 27.5 Å². The predicted octanol–water partition coefficient (Wildman–Crippen LogP) is 6.22. The molecule has 0 fully saturated rings. The zero-order chi connectivity index (χ0) is 21.1. The summed E-state index contributed by atoms with van der Waals surface area (Å²) in [7, 11) is 4.02. The fourth-order valence-corrected chi connectivity index (χ4v) is 3.62. The maximum Gasteiger partial charge on any atom is 0.244 e. The van der Waals surface area contributed by atoms with E-state index in [0.717, 1.165) is 37.9 Å². The van der Waals surface area contributed by atoms with Crippen molar-refractivity contribution >= 4 is 56.3 Å². The molecular formula is C23H19BrClN5. The molecule has 0 amide bonds. The second-order valence-electron chi connectivity index (χ2n) is 6.89. The van der Waals surface area contributed by atoms with Gasteiger partial charge in [-0.2, -0.15) is 5.10 Å². The highest BCUT2D eigenvalue weighted by Gasteiger charge is 2.12. The molecule has 4 rings (SSSR count). The monoisotopic (exact) mass is 479 g/mol.